The third kappa shape index (κ3) is 11.4. The number of esters is 1. The molecule has 0 spiro atoms. The maximum Gasteiger partial charge on any atom is 0.319 e. The van der Waals surface area contributed by atoms with Crippen molar-refractivity contribution < 1.29 is 19.0 Å². The minimum absolute atomic E-state index is 0.203. The van der Waals surface area contributed by atoms with Gasteiger partial charge in [0.2, 0.25) is 0 Å². The third-order valence-electron chi connectivity index (χ3n) is 1.82. The Balaban J connectivity index is 3.09. The van der Waals surface area contributed by atoms with Crippen LogP contribution in [0.4, 0.5) is 0 Å². The van der Waals surface area contributed by atoms with Crippen LogP contribution in [0.2, 0.25) is 0 Å². The van der Waals surface area contributed by atoms with Gasteiger partial charge in [0.15, 0.2) is 0 Å². The van der Waals surface area contributed by atoms with Crippen molar-refractivity contribution in [3.63, 3.8) is 0 Å². The first kappa shape index (κ1) is 15.3. The van der Waals surface area contributed by atoms with Gasteiger partial charge in [0.05, 0.1) is 26.4 Å². The number of hydrogen-bond acceptors (Lipinski definition) is 5. The summed E-state index contributed by atoms with van der Waals surface area (Å²) in [4.78, 5) is 11.1. The van der Waals surface area contributed by atoms with Crippen LogP contribution in [0.15, 0.2) is 0 Å². The van der Waals surface area contributed by atoms with E-state index in [0.717, 1.165) is 19.4 Å². The predicted octanol–water partition coefficient (Wildman–Crippen LogP) is 0.582. The van der Waals surface area contributed by atoms with Gasteiger partial charge in [-0.3, -0.25) is 4.79 Å². The highest BCUT2D eigenvalue weighted by molar-refractivity contribution is 5.71. The van der Waals surface area contributed by atoms with Gasteiger partial charge in [-0.1, -0.05) is 6.92 Å². The average molecular weight is 233 g/mol. The Morgan fingerprint density at radius 1 is 1.19 bits per heavy atom. The second kappa shape index (κ2) is 12.4. The molecule has 0 radical (unpaired) electrons. The van der Waals surface area contributed by atoms with Crippen LogP contribution in [0.25, 0.3) is 0 Å². The molecule has 0 saturated heterocycles. The summed E-state index contributed by atoms with van der Waals surface area (Å²) in [6, 6.07) is 0. The van der Waals surface area contributed by atoms with Crippen molar-refractivity contribution in [3.05, 3.63) is 0 Å². The highest BCUT2D eigenvalue weighted by atomic mass is 16.5. The summed E-state index contributed by atoms with van der Waals surface area (Å²) in [7, 11) is 1.63. The molecule has 5 heteroatoms. The number of carbonyl (C=O) groups excluding carboxylic acids is 1. The minimum Gasteiger partial charge on any atom is -0.465 e. The fourth-order valence-electron chi connectivity index (χ4n) is 1.01. The predicted molar refractivity (Wildman–Crippen MR) is 61.4 cm³/mol. The Hall–Kier alpha value is -0.650. The zero-order valence-corrected chi connectivity index (χ0v) is 10.3. The molecule has 0 atom stereocenters. The molecule has 0 aromatic rings. The van der Waals surface area contributed by atoms with E-state index in [0.29, 0.717) is 33.0 Å². The second-order valence-corrected chi connectivity index (χ2v) is 3.36. The smallest absolute Gasteiger partial charge is 0.319 e. The Morgan fingerprint density at radius 2 is 2.00 bits per heavy atom. The Kier molecular flexibility index (Phi) is 11.9. The SMILES string of the molecule is CCCNCC(=O)OCCCOCCOC. The third-order valence-corrected chi connectivity index (χ3v) is 1.82. The summed E-state index contributed by atoms with van der Waals surface area (Å²) in [6.07, 6.45) is 1.74. The molecule has 96 valence electrons. The second-order valence-electron chi connectivity index (χ2n) is 3.36. The maximum atomic E-state index is 11.1. The first-order valence-electron chi connectivity index (χ1n) is 5.74. The first-order valence-corrected chi connectivity index (χ1v) is 5.74. The van der Waals surface area contributed by atoms with E-state index in [1.54, 1.807) is 7.11 Å². The van der Waals surface area contributed by atoms with Gasteiger partial charge in [-0.15, -0.1) is 0 Å². The Bertz CT molecular complexity index is 164. The molecule has 0 amide bonds. The van der Waals surface area contributed by atoms with Crippen molar-refractivity contribution in [2.24, 2.45) is 0 Å². The number of rotatable bonds is 11. The molecule has 0 aromatic heterocycles. The highest BCUT2D eigenvalue weighted by Gasteiger charge is 2.00. The molecule has 0 rings (SSSR count). The summed E-state index contributed by atoms with van der Waals surface area (Å²) < 4.78 is 15.0. The molecule has 16 heavy (non-hydrogen) atoms. The molecular formula is C11H23NO4. The summed E-state index contributed by atoms with van der Waals surface area (Å²) in [5.41, 5.74) is 0. The lowest BCUT2D eigenvalue weighted by molar-refractivity contribution is -0.142. The monoisotopic (exact) mass is 233 g/mol. The molecule has 5 nitrogen and oxygen atoms in total. The molecule has 0 aliphatic heterocycles. The number of carbonyl (C=O) groups is 1. The molecule has 0 aliphatic rings. The van der Waals surface area contributed by atoms with E-state index in [1.807, 2.05) is 0 Å². The van der Waals surface area contributed by atoms with Gasteiger partial charge in [0, 0.05) is 20.1 Å². The fourth-order valence-corrected chi connectivity index (χ4v) is 1.01. The van der Waals surface area contributed by atoms with E-state index in [9.17, 15) is 4.79 Å². The fraction of sp³-hybridized carbons (Fsp3) is 0.909. The van der Waals surface area contributed by atoms with E-state index in [1.165, 1.54) is 0 Å². The van der Waals surface area contributed by atoms with Gasteiger partial charge in [-0.25, -0.2) is 0 Å². The van der Waals surface area contributed by atoms with Crippen molar-refractivity contribution >= 4 is 5.97 Å². The molecule has 0 heterocycles. The quantitative estimate of drug-likeness (QED) is 0.418. The summed E-state index contributed by atoms with van der Waals surface area (Å²) >= 11 is 0. The van der Waals surface area contributed by atoms with E-state index in [-0.39, 0.29) is 5.97 Å². The normalized spacial score (nSPS) is 10.4. The standard InChI is InChI=1S/C11H23NO4/c1-3-5-12-10-11(13)16-7-4-6-15-9-8-14-2/h12H,3-10H2,1-2H3. The van der Waals surface area contributed by atoms with Gasteiger partial charge < -0.3 is 19.5 Å². The van der Waals surface area contributed by atoms with Crippen molar-refractivity contribution in [1.29, 1.82) is 0 Å². The zero-order chi connectivity index (χ0) is 12.1. The lowest BCUT2D eigenvalue weighted by Gasteiger charge is -2.06. The van der Waals surface area contributed by atoms with Gasteiger partial charge in [0.1, 0.15) is 0 Å². The average Bonchev–Trinajstić information content (AvgIpc) is 2.28. The van der Waals surface area contributed by atoms with Crippen LogP contribution in [0.3, 0.4) is 0 Å². The largest absolute Gasteiger partial charge is 0.465 e. The van der Waals surface area contributed by atoms with Gasteiger partial charge >= 0.3 is 5.97 Å². The van der Waals surface area contributed by atoms with E-state index in [4.69, 9.17) is 14.2 Å². The lowest BCUT2D eigenvalue weighted by Crippen LogP contribution is -2.25. The maximum absolute atomic E-state index is 11.1. The Morgan fingerprint density at radius 3 is 2.69 bits per heavy atom. The van der Waals surface area contributed by atoms with Crippen molar-refractivity contribution in [1.82, 2.24) is 5.32 Å². The van der Waals surface area contributed by atoms with Crippen molar-refractivity contribution in [2.75, 3.05) is 46.6 Å². The van der Waals surface area contributed by atoms with Crippen molar-refractivity contribution in [2.45, 2.75) is 19.8 Å². The number of ether oxygens (including phenoxy) is 3. The Labute approximate surface area is 97.4 Å². The van der Waals surface area contributed by atoms with Crippen LogP contribution in [0.1, 0.15) is 19.8 Å². The van der Waals surface area contributed by atoms with Gasteiger partial charge in [0.25, 0.3) is 0 Å². The van der Waals surface area contributed by atoms with Crippen LogP contribution >= 0.6 is 0 Å². The van der Waals surface area contributed by atoms with Gasteiger partial charge in [-0.05, 0) is 13.0 Å². The summed E-state index contributed by atoms with van der Waals surface area (Å²) in [5.74, 6) is -0.203. The summed E-state index contributed by atoms with van der Waals surface area (Å²) in [6.45, 7) is 5.38. The highest BCUT2D eigenvalue weighted by Crippen LogP contribution is 1.86. The van der Waals surface area contributed by atoms with Gasteiger partial charge in [-0.2, -0.15) is 0 Å². The lowest BCUT2D eigenvalue weighted by atomic mass is 10.4. The minimum atomic E-state index is -0.203. The number of nitrogens with one attached hydrogen (secondary N) is 1. The number of methoxy groups -OCH3 is 1. The molecule has 0 aliphatic carbocycles. The molecule has 0 saturated carbocycles. The molecule has 0 unspecified atom stereocenters. The number of hydrogen-bond donors (Lipinski definition) is 1. The van der Waals surface area contributed by atoms with Crippen LogP contribution in [0.5, 0.6) is 0 Å². The molecule has 0 bridgehead atoms. The molecular weight excluding hydrogens is 210 g/mol. The van der Waals surface area contributed by atoms with Crippen LogP contribution in [-0.4, -0.2) is 52.6 Å². The van der Waals surface area contributed by atoms with Crippen LogP contribution < -0.4 is 5.32 Å². The van der Waals surface area contributed by atoms with Crippen LogP contribution in [0, 0.1) is 0 Å². The molecule has 1 N–H and O–H groups in total. The zero-order valence-electron chi connectivity index (χ0n) is 10.3. The first-order chi connectivity index (χ1) is 7.81. The van der Waals surface area contributed by atoms with Crippen LogP contribution in [-0.2, 0) is 19.0 Å². The van der Waals surface area contributed by atoms with E-state index >= 15 is 0 Å². The van der Waals surface area contributed by atoms with E-state index in [2.05, 4.69) is 12.2 Å². The van der Waals surface area contributed by atoms with E-state index < -0.39 is 0 Å². The topological polar surface area (TPSA) is 56.8 Å². The molecule has 0 aromatic carbocycles. The summed E-state index contributed by atoms with van der Waals surface area (Å²) in [5, 5.41) is 2.98. The molecule has 0 fully saturated rings. The van der Waals surface area contributed by atoms with Crippen molar-refractivity contribution in [3.8, 4) is 0 Å².